The standard InChI is InChI=1S/C21H30N4O2/c1-16-19(21(27)23-22-16)14-20(26)24(2)18-11-7-13-25(15-18)12-6-10-17-8-4-3-5-9-17/h3-5,8-9,18H,6-7,10-15H2,1-2H3,(H2,22,23,27)/t18-/m1/s1. The summed E-state index contributed by atoms with van der Waals surface area (Å²) in [6.07, 6.45) is 4.52. The number of nitrogens with one attached hydrogen (secondary N) is 2. The number of piperidine rings is 1. The predicted octanol–water partition coefficient (Wildman–Crippen LogP) is 2.11. The second-order valence-electron chi connectivity index (χ2n) is 7.55. The molecule has 146 valence electrons. The number of aryl methyl sites for hydroxylation is 2. The molecule has 0 saturated carbocycles. The fourth-order valence-corrected chi connectivity index (χ4v) is 3.87. The van der Waals surface area contributed by atoms with E-state index < -0.39 is 0 Å². The molecule has 1 fully saturated rings. The first kappa shape index (κ1) is 19.4. The minimum atomic E-state index is -0.194. The molecule has 27 heavy (non-hydrogen) atoms. The van der Waals surface area contributed by atoms with E-state index in [0.29, 0.717) is 5.56 Å². The zero-order chi connectivity index (χ0) is 19.2. The van der Waals surface area contributed by atoms with Gasteiger partial charge < -0.3 is 14.9 Å². The van der Waals surface area contributed by atoms with Crippen molar-refractivity contribution in [2.24, 2.45) is 0 Å². The van der Waals surface area contributed by atoms with Crippen molar-refractivity contribution in [2.75, 3.05) is 26.7 Å². The average molecular weight is 370 g/mol. The van der Waals surface area contributed by atoms with E-state index in [-0.39, 0.29) is 23.9 Å². The molecule has 6 nitrogen and oxygen atoms in total. The van der Waals surface area contributed by atoms with Gasteiger partial charge in [0.05, 0.1) is 6.42 Å². The van der Waals surface area contributed by atoms with Crippen LogP contribution in [0.1, 0.15) is 36.1 Å². The first-order chi connectivity index (χ1) is 13.0. The van der Waals surface area contributed by atoms with Crippen LogP contribution in [0.15, 0.2) is 35.1 Å². The van der Waals surface area contributed by atoms with E-state index in [1.165, 1.54) is 5.56 Å². The molecule has 0 spiro atoms. The molecule has 1 aliphatic rings. The molecule has 0 aliphatic carbocycles. The second-order valence-corrected chi connectivity index (χ2v) is 7.55. The maximum absolute atomic E-state index is 12.7. The molecule has 0 unspecified atom stereocenters. The summed E-state index contributed by atoms with van der Waals surface area (Å²) in [5.41, 5.74) is 2.47. The number of hydrogen-bond acceptors (Lipinski definition) is 3. The Morgan fingerprint density at radius 3 is 2.74 bits per heavy atom. The molecule has 0 bridgehead atoms. The van der Waals surface area contributed by atoms with E-state index in [2.05, 4.69) is 39.4 Å². The lowest BCUT2D eigenvalue weighted by Gasteiger charge is -2.37. The fraction of sp³-hybridized carbons (Fsp3) is 0.524. The molecule has 1 amide bonds. The molecule has 2 N–H and O–H groups in total. The largest absolute Gasteiger partial charge is 0.341 e. The van der Waals surface area contributed by atoms with Gasteiger partial charge in [-0.15, -0.1) is 0 Å². The van der Waals surface area contributed by atoms with Gasteiger partial charge in [-0.25, -0.2) is 0 Å². The molecule has 1 aliphatic heterocycles. The Morgan fingerprint density at radius 1 is 1.26 bits per heavy atom. The van der Waals surface area contributed by atoms with Gasteiger partial charge in [0.1, 0.15) is 0 Å². The summed E-state index contributed by atoms with van der Waals surface area (Å²) in [4.78, 5) is 28.8. The molecule has 3 rings (SSSR count). The molecule has 1 atom stereocenters. The molecule has 0 radical (unpaired) electrons. The maximum atomic E-state index is 12.7. The van der Waals surface area contributed by atoms with E-state index in [1.807, 2.05) is 24.9 Å². The number of aromatic amines is 2. The number of H-pyrrole nitrogens is 2. The molecule has 1 saturated heterocycles. The van der Waals surface area contributed by atoms with Crippen molar-refractivity contribution in [2.45, 2.75) is 45.1 Å². The van der Waals surface area contributed by atoms with Crippen LogP contribution in [0.5, 0.6) is 0 Å². The fourth-order valence-electron chi connectivity index (χ4n) is 3.87. The summed E-state index contributed by atoms with van der Waals surface area (Å²) in [6.45, 7) is 4.89. The number of likely N-dealkylation sites (N-methyl/N-ethyl adjacent to an activating group) is 1. The number of carbonyl (C=O) groups is 1. The summed E-state index contributed by atoms with van der Waals surface area (Å²) in [7, 11) is 1.87. The summed E-state index contributed by atoms with van der Waals surface area (Å²) >= 11 is 0. The van der Waals surface area contributed by atoms with E-state index in [1.54, 1.807) is 0 Å². The SMILES string of the molecule is Cc1[nH][nH]c(=O)c1CC(=O)N(C)[C@@H]1CCCN(CCCc2ccccc2)C1. The number of amides is 1. The van der Waals surface area contributed by atoms with Gasteiger partial charge in [0.25, 0.3) is 5.56 Å². The van der Waals surface area contributed by atoms with Crippen LogP contribution in [0.4, 0.5) is 0 Å². The van der Waals surface area contributed by atoms with Crippen molar-refractivity contribution < 1.29 is 4.79 Å². The Hall–Kier alpha value is -2.34. The molecular weight excluding hydrogens is 340 g/mol. The van der Waals surface area contributed by atoms with Crippen LogP contribution in [0.2, 0.25) is 0 Å². The zero-order valence-corrected chi connectivity index (χ0v) is 16.3. The van der Waals surface area contributed by atoms with Crippen molar-refractivity contribution in [1.82, 2.24) is 20.0 Å². The lowest BCUT2D eigenvalue weighted by Crippen LogP contribution is -2.49. The van der Waals surface area contributed by atoms with Crippen LogP contribution in [-0.2, 0) is 17.6 Å². The number of likely N-dealkylation sites (tertiary alicyclic amines) is 1. The number of carbonyl (C=O) groups excluding carboxylic acids is 1. The summed E-state index contributed by atoms with van der Waals surface area (Å²) < 4.78 is 0. The third kappa shape index (κ3) is 5.10. The van der Waals surface area contributed by atoms with Crippen molar-refractivity contribution >= 4 is 5.91 Å². The highest BCUT2D eigenvalue weighted by atomic mass is 16.2. The Balaban J connectivity index is 1.49. The number of benzene rings is 1. The average Bonchev–Trinajstić information content (AvgIpc) is 3.00. The number of hydrogen-bond donors (Lipinski definition) is 2. The number of aromatic nitrogens is 2. The summed E-state index contributed by atoms with van der Waals surface area (Å²) in [5, 5.41) is 5.33. The molecule has 2 aromatic rings. The van der Waals surface area contributed by atoms with Gasteiger partial charge in [-0.3, -0.25) is 14.7 Å². The van der Waals surface area contributed by atoms with Crippen molar-refractivity contribution in [3.63, 3.8) is 0 Å². The smallest absolute Gasteiger partial charge is 0.267 e. The van der Waals surface area contributed by atoms with Crippen LogP contribution in [0, 0.1) is 6.92 Å². The lowest BCUT2D eigenvalue weighted by molar-refractivity contribution is -0.132. The van der Waals surface area contributed by atoms with E-state index >= 15 is 0 Å². The lowest BCUT2D eigenvalue weighted by atomic mass is 10.0. The summed E-state index contributed by atoms with van der Waals surface area (Å²) in [6, 6.07) is 10.8. The first-order valence-electron chi connectivity index (χ1n) is 9.82. The minimum Gasteiger partial charge on any atom is -0.341 e. The minimum absolute atomic E-state index is 0.0133. The highest BCUT2D eigenvalue weighted by molar-refractivity contribution is 5.79. The van der Waals surface area contributed by atoms with Crippen molar-refractivity contribution in [1.29, 1.82) is 0 Å². The molecule has 1 aromatic heterocycles. The van der Waals surface area contributed by atoms with Crippen LogP contribution in [-0.4, -0.2) is 58.6 Å². The third-order valence-electron chi connectivity index (χ3n) is 5.62. The molecular formula is C21H30N4O2. The first-order valence-corrected chi connectivity index (χ1v) is 9.82. The van der Waals surface area contributed by atoms with Gasteiger partial charge in [0.15, 0.2) is 0 Å². The molecule has 1 aromatic carbocycles. The quantitative estimate of drug-likeness (QED) is 0.784. The van der Waals surface area contributed by atoms with Gasteiger partial charge in [-0.2, -0.15) is 0 Å². The normalized spacial score (nSPS) is 17.8. The maximum Gasteiger partial charge on any atom is 0.267 e. The van der Waals surface area contributed by atoms with Gasteiger partial charge >= 0.3 is 0 Å². The predicted molar refractivity (Wildman–Crippen MR) is 107 cm³/mol. The van der Waals surface area contributed by atoms with Crippen LogP contribution in [0.25, 0.3) is 0 Å². The van der Waals surface area contributed by atoms with Gasteiger partial charge in [0, 0.05) is 30.9 Å². The molecule has 6 heteroatoms. The monoisotopic (exact) mass is 370 g/mol. The van der Waals surface area contributed by atoms with Gasteiger partial charge in [0.2, 0.25) is 5.91 Å². The highest BCUT2D eigenvalue weighted by Gasteiger charge is 2.26. The van der Waals surface area contributed by atoms with Crippen LogP contribution in [0.3, 0.4) is 0 Å². The van der Waals surface area contributed by atoms with Crippen LogP contribution >= 0.6 is 0 Å². The summed E-state index contributed by atoms with van der Waals surface area (Å²) in [5.74, 6) is 0.0133. The van der Waals surface area contributed by atoms with Crippen molar-refractivity contribution in [3.8, 4) is 0 Å². The van der Waals surface area contributed by atoms with Crippen molar-refractivity contribution in [3.05, 3.63) is 57.5 Å². The van der Waals surface area contributed by atoms with E-state index in [4.69, 9.17) is 0 Å². The van der Waals surface area contributed by atoms with E-state index in [0.717, 1.165) is 51.0 Å². The van der Waals surface area contributed by atoms with E-state index in [9.17, 15) is 9.59 Å². The molecule has 2 heterocycles. The Morgan fingerprint density at radius 2 is 2.04 bits per heavy atom. The highest BCUT2D eigenvalue weighted by Crippen LogP contribution is 2.17. The van der Waals surface area contributed by atoms with Gasteiger partial charge in [-0.05, 0) is 51.3 Å². The second kappa shape index (κ2) is 9.04. The zero-order valence-electron chi connectivity index (χ0n) is 16.3. The number of nitrogens with zero attached hydrogens (tertiary/aromatic N) is 2. The number of rotatable bonds is 7. The van der Waals surface area contributed by atoms with Crippen LogP contribution < -0.4 is 5.56 Å². The topological polar surface area (TPSA) is 72.2 Å². The van der Waals surface area contributed by atoms with Gasteiger partial charge in [-0.1, -0.05) is 30.3 Å². The Kier molecular flexibility index (Phi) is 6.50. The Bertz CT molecular complexity index is 796. The third-order valence-corrected chi connectivity index (χ3v) is 5.62. The Labute approximate surface area is 160 Å².